The van der Waals surface area contributed by atoms with Crippen LogP contribution in [-0.4, -0.2) is 26.4 Å². The molecule has 0 amide bonds. The average Bonchev–Trinajstić information content (AvgIpc) is 3.12. The summed E-state index contributed by atoms with van der Waals surface area (Å²) in [6.45, 7) is 4.47. The predicted molar refractivity (Wildman–Crippen MR) is 110 cm³/mol. The molecule has 1 N–H and O–H groups in total. The lowest BCUT2D eigenvalue weighted by molar-refractivity contribution is 0.340. The molecule has 0 spiro atoms. The molecule has 7 heteroatoms. The highest BCUT2D eigenvalue weighted by atomic mass is 19.1. The number of hydrogen-bond acceptors (Lipinski definition) is 5. The van der Waals surface area contributed by atoms with Crippen LogP contribution < -0.4 is 10.1 Å². The second-order valence-electron chi connectivity index (χ2n) is 6.40. The second kappa shape index (κ2) is 8.10. The first-order chi connectivity index (χ1) is 14.1. The van der Waals surface area contributed by atoms with Crippen molar-refractivity contribution in [3.63, 3.8) is 0 Å². The summed E-state index contributed by atoms with van der Waals surface area (Å²) in [4.78, 5) is 8.90. The van der Waals surface area contributed by atoms with Crippen molar-refractivity contribution in [2.75, 3.05) is 11.9 Å². The van der Waals surface area contributed by atoms with Crippen molar-refractivity contribution < 1.29 is 9.13 Å². The first kappa shape index (κ1) is 18.6. The molecule has 0 aliphatic rings. The van der Waals surface area contributed by atoms with E-state index < -0.39 is 0 Å². The number of halogens is 1. The molecule has 6 nitrogen and oxygen atoms in total. The van der Waals surface area contributed by atoms with Crippen LogP contribution in [0.1, 0.15) is 12.6 Å². The number of anilines is 2. The van der Waals surface area contributed by atoms with E-state index in [4.69, 9.17) is 4.74 Å². The number of ether oxygens (including phenoxy) is 1. The first-order valence-corrected chi connectivity index (χ1v) is 9.28. The van der Waals surface area contributed by atoms with E-state index >= 15 is 0 Å². The van der Waals surface area contributed by atoms with Crippen LogP contribution in [0.4, 0.5) is 16.0 Å². The summed E-state index contributed by atoms with van der Waals surface area (Å²) in [5.41, 5.74) is 3.89. The van der Waals surface area contributed by atoms with Crippen LogP contribution in [0.15, 0.2) is 67.0 Å². The summed E-state index contributed by atoms with van der Waals surface area (Å²) in [5, 5.41) is 7.69. The van der Waals surface area contributed by atoms with Crippen molar-refractivity contribution in [1.82, 2.24) is 19.7 Å². The molecule has 0 unspecified atom stereocenters. The molecule has 4 aromatic rings. The zero-order valence-corrected chi connectivity index (χ0v) is 16.1. The fourth-order valence-corrected chi connectivity index (χ4v) is 2.96. The van der Waals surface area contributed by atoms with E-state index in [-0.39, 0.29) is 5.82 Å². The van der Waals surface area contributed by atoms with Gasteiger partial charge in [-0.25, -0.2) is 19.0 Å². The van der Waals surface area contributed by atoms with Gasteiger partial charge in [0.15, 0.2) is 0 Å². The van der Waals surface area contributed by atoms with Gasteiger partial charge in [0.25, 0.3) is 0 Å². The lowest BCUT2D eigenvalue weighted by Crippen LogP contribution is -1.98. The highest BCUT2D eigenvalue weighted by Gasteiger charge is 2.11. The lowest BCUT2D eigenvalue weighted by Gasteiger charge is -2.07. The Hall–Kier alpha value is -3.74. The molecule has 0 bridgehead atoms. The SMILES string of the molecule is CCOc1ccc(Nc2nccc(-c3cn(-c4cccc(F)c4)nc3C)n2)cc1. The number of benzene rings is 2. The third kappa shape index (κ3) is 4.24. The Morgan fingerprint density at radius 3 is 2.69 bits per heavy atom. The zero-order chi connectivity index (χ0) is 20.2. The minimum absolute atomic E-state index is 0.305. The normalized spacial score (nSPS) is 10.7. The molecule has 2 heterocycles. The van der Waals surface area contributed by atoms with Crippen LogP contribution in [0.25, 0.3) is 16.9 Å². The van der Waals surface area contributed by atoms with Crippen molar-refractivity contribution >= 4 is 11.6 Å². The average molecular weight is 389 g/mol. The Morgan fingerprint density at radius 2 is 1.93 bits per heavy atom. The number of aromatic nitrogens is 4. The van der Waals surface area contributed by atoms with Crippen molar-refractivity contribution in [3.05, 3.63) is 78.5 Å². The first-order valence-electron chi connectivity index (χ1n) is 9.28. The molecule has 0 radical (unpaired) electrons. The third-order valence-electron chi connectivity index (χ3n) is 4.32. The number of hydrogen-bond donors (Lipinski definition) is 1. The fourth-order valence-electron chi connectivity index (χ4n) is 2.96. The Kier molecular flexibility index (Phi) is 5.20. The van der Waals surface area contributed by atoms with Crippen LogP contribution in [-0.2, 0) is 0 Å². The van der Waals surface area contributed by atoms with Gasteiger partial charge in [0, 0.05) is 23.6 Å². The van der Waals surface area contributed by atoms with E-state index in [0.29, 0.717) is 18.2 Å². The summed E-state index contributed by atoms with van der Waals surface area (Å²) in [6.07, 6.45) is 3.53. The van der Waals surface area contributed by atoms with Crippen LogP contribution in [0.2, 0.25) is 0 Å². The quantitative estimate of drug-likeness (QED) is 0.507. The van der Waals surface area contributed by atoms with Gasteiger partial charge in [-0.2, -0.15) is 5.10 Å². The number of nitrogens with zero attached hydrogens (tertiary/aromatic N) is 4. The van der Waals surface area contributed by atoms with E-state index in [2.05, 4.69) is 20.4 Å². The zero-order valence-electron chi connectivity index (χ0n) is 16.1. The van der Waals surface area contributed by atoms with Crippen molar-refractivity contribution in [1.29, 1.82) is 0 Å². The summed E-state index contributed by atoms with van der Waals surface area (Å²) >= 11 is 0. The van der Waals surface area contributed by atoms with Gasteiger partial charge in [0.05, 0.1) is 23.7 Å². The monoisotopic (exact) mass is 389 g/mol. The van der Waals surface area contributed by atoms with E-state index in [1.54, 1.807) is 23.0 Å². The summed E-state index contributed by atoms with van der Waals surface area (Å²) in [5.74, 6) is 0.985. The molecular formula is C22H20FN5O. The summed E-state index contributed by atoms with van der Waals surface area (Å²) in [7, 11) is 0. The Labute approximate surface area is 168 Å². The summed E-state index contributed by atoms with van der Waals surface area (Å²) in [6, 6.07) is 15.7. The van der Waals surface area contributed by atoms with Gasteiger partial charge in [-0.15, -0.1) is 0 Å². The number of aryl methyl sites for hydroxylation is 1. The van der Waals surface area contributed by atoms with Gasteiger partial charge in [-0.05, 0) is 62.4 Å². The van der Waals surface area contributed by atoms with Crippen LogP contribution >= 0.6 is 0 Å². The molecular weight excluding hydrogens is 369 g/mol. The van der Waals surface area contributed by atoms with Gasteiger partial charge in [0.1, 0.15) is 11.6 Å². The largest absolute Gasteiger partial charge is 0.494 e. The highest BCUT2D eigenvalue weighted by molar-refractivity contribution is 5.64. The number of rotatable bonds is 6. The van der Waals surface area contributed by atoms with Gasteiger partial charge in [0.2, 0.25) is 5.95 Å². The molecule has 0 atom stereocenters. The lowest BCUT2D eigenvalue weighted by atomic mass is 10.2. The topological polar surface area (TPSA) is 64.9 Å². The Balaban J connectivity index is 1.59. The van der Waals surface area contributed by atoms with Gasteiger partial charge >= 0.3 is 0 Å². The number of nitrogens with one attached hydrogen (secondary N) is 1. The van der Waals surface area contributed by atoms with Crippen LogP contribution in [0.5, 0.6) is 5.75 Å². The van der Waals surface area contributed by atoms with E-state index in [0.717, 1.165) is 28.4 Å². The Morgan fingerprint density at radius 1 is 1.10 bits per heavy atom. The molecule has 2 aromatic carbocycles. The minimum atomic E-state index is -0.305. The van der Waals surface area contributed by atoms with Crippen LogP contribution in [0.3, 0.4) is 0 Å². The second-order valence-corrected chi connectivity index (χ2v) is 6.40. The molecule has 29 heavy (non-hydrogen) atoms. The molecule has 146 valence electrons. The van der Waals surface area contributed by atoms with E-state index in [1.807, 2.05) is 50.4 Å². The summed E-state index contributed by atoms with van der Waals surface area (Å²) < 4.78 is 20.6. The molecule has 0 fully saturated rings. The maximum Gasteiger partial charge on any atom is 0.227 e. The van der Waals surface area contributed by atoms with Crippen LogP contribution in [0, 0.1) is 12.7 Å². The maximum absolute atomic E-state index is 13.5. The molecule has 4 rings (SSSR count). The minimum Gasteiger partial charge on any atom is -0.494 e. The molecule has 0 saturated heterocycles. The molecule has 0 aliphatic carbocycles. The predicted octanol–water partition coefficient (Wildman–Crippen LogP) is 4.92. The van der Waals surface area contributed by atoms with Gasteiger partial charge in [-0.1, -0.05) is 6.07 Å². The third-order valence-corrected chi connectivity index (χ3v) is 4.32. The van der Waals surface area contributed by atoms with Crippen molar-refractivity contribution in [2.45, 2.75) is 13.8 Å². The molecule has 0 saturated carbocycles. The van der Waals surface area contributed by atoms with E-state index in [9.17, 15) is 4.39 Å². The van der Waals surface area contributed by atoms with Crippen molar-refractivity contribution in [3.8, 4) is 22.7 Å². The van der Waals surface area contributed by atoms with Gasteiger partial charge in [-0.3, -0.25) is 0 Å². The smallest absolute Gasteiger partial charge is 0.227 e. The standard InChI is InChI=1S/C22H20FN5O/c1-3-29-19-9-7-17(8-10-19)25-22-24-12-11-21(26-22)20-14-28(27-15(20)2)18-6-4-5-16(23)13-18/h4-14H,3H2,1-2H3,(H,24,25,26). The van der Waals surface area contributed by atoms with E-state index in [1.165, 1.54) is 12.1 Å². The molecule has 2 aromatic heterocycles. The molecule has 0 aliphatic heterocycles. The Bertz CT molecular complexity index is 1120. The highest BCUT2D eigenvalue weighted by Crippen LogP contribution is 2.24. The fraction of sp³-hybridized carbons (Fsp3) is 0.136. The maximum atomic E-state index is 13.5. The van der Waals surface area contributed by atoms with Gasteiger partial charge < -0.3 is 10.1 Å². The van der Waals surface area contributed by atoms with Crippen molar-refractivity contribution in [2.24, 2.45) is 0 Å².